The van der Waals surface area contributed by atoms with E-state index in [-0.39, 0.29) is 6.71 Å². The van der Waals surface area contributed by atoms with E-state index in [1.54, 1.807) is 0 Å². The summed E-state index contributed by atoms with van der Waals surface area (Å²) in [5.74, 6) is 3.54. The van der Waals surface area contributed by atoms with Gasteiger partial charge in [-0.15, -0.1) is 0 Å². The zero-order valence-corrected chi connectivity index (χ0v) is 24.3. The van der Waals surface area contributed by atoms with Gasteiger partial charge in [-0.1, -0.05) is 127 Å². The Morgan fingerprint density at radius 1 is 0.400 bits per heavy atom. The predicted octanol–water partition coefficient (Wildman–Crippen LogP) is 9.21. The maximum atomic E-state index is 6.91. The van der Waals surface area contributed by atoms with Gasteiger partial charge in [-0.25, -0.2) is 0 Å². The molecule has 0 unspecified atom stereocenters. The van der Waals surface area contributed by atoms with Gasteiger partial charge in [0.25, 0.3) is 6.71 Å². The monoisotopic (exact) mass is 572 g/mol. The van der Waals surface area contributed by atoms with Gasteiger partial charge in [-0.3, -0.25) is 0 Å². The predicted molar refractivity (Wildman–Crippen MR) is 188 cm³/mol. The van der Waals surface area contributed by atoms with Crippen molar-refractivity contribution in [2.24, 2.45) is 0 Å². The Morgan fingerprint density at radius 3 is 1.76 bits per heavy atom. The van der Waals surface area contributed by atoms with Gasteiger partial charge >= 0.3 is 0 Å². The van der Waals surface area contributed by atoms with Gasteiger partial charge in [0.05, 0.1) is 0 Å². The number of para-hydroxylation sites is 2. The third-order valence-corrected chi connectivity index (χ3v) is 9.57. The van der Waals surface area contributed by atoms with Crippen LogP contribution < -0.4 is 25.9 Å². The summed E-state index contributed by atoms with van der Waals surface area (Å²) in [6.45, 7) is 0.0271. The molecule has 0 N–H and O–H groups in total. The summed E-state index contributed by atoms with van der Waals surface area (Å²) < 4.78 is 13.3. The molecule has 208 valence electrons. The van der Waals surface area contributed by atoms with E-state index in [1.807, 2.05) is 18.2 Å². The van der Waals surface area contributed by atoms with E-state index in [4.69, 9.17) is 9.47 Å². The first kappa shape index (κ1) is 24.6. The lowest BCUT2D eigenvalue weighted by Gasteiger charge is -2.33. The first-order chi connectivity index (χ1) is 22.3. The Balaban J connectivity index is 1.28. The molecule has 0 amide bonds. The minimum absolute atomic E-state index is 0.0271. The van der Waals surface area contributed by atoms with Crippen LogP contribution in [0.4, 0.5) is 0 Å². The van der Waals surface area contributed by atoms with Crippen LogP contribution in [-0.2, 0) is 0 Å². The van der Waals surface area contributed by atoms with E-state index >= 15 is 0 Å². The van der Waals surface area contributed by atoms with E-state index in [0.29, 0.717) is 0 Å². The molecule has 0 bridgehead atoms. The highest BCUT2D eigenvalue weighted by molar-refractivity contribution is 6.98. The van der Waals surface area contributed by atoms with Gasteiger partial charge in [-0.05, 0) is 78.6 Å². The number of hydrogen-bond acceptors (Lipinski definition) is 2. The Bertz CT molecular complexity index is 2460. The summed E-state index contributed by atoms with van der Waals surface area (Å²) in [6, 6.07) is 54.2. The fraction of sp³-hybridized carbons (Fsp3) is 0. The topological polar surface area (TPSA) is 18.5 Å². The second-order valence-corrected chi connectivity index (χ2v) is 12.0. The van der Waals surface area contributed by atoms with E-state index < -0.39 is 0 Å². The summed E-state index contributed by atoms with van der Waals surface area (Å²) in [5.41, 5.74) is 8.21. The molecule has 0 saturated carbocycles. The zero-order chi connectivity index (χ0) is 29.5. The highest BCUT2D eigenvalue weighted by Gasteiger charge is 2.40. The molecule has 45 heavy (non-hydrogen) atoms. The van der Waals surface area contributed by atoms with Gasteiger partial charge < -0.3 is 9.47 Å². The van der Waals surface area contributed by atoms with Gasteiger partial charge in [-0.2, -0.15) is 0 Å². The molecule has 0 spiro atoms. The van der Waals surface area contributed by atoms with Gasteiger partial charge in [0, 0.05) is 16.6 Å². The van der Waals surface area contributed by atoms with Crippen molar-refractivity contribution < 1.29 is 9.47 Å². The molecule has 3 heteroatoms. The normalized spacial score (nSPS) is 12.8. The maximum absolute atomic E-state index is 6.91. The van der Waals surface area contributed by atoms with E-state index in [0.717, 1.165) is 39.5 Å². The average molecular weight is 572 g/mol. The molecule has 0 aliphatic carbocycles. The summed E-state index contributed by atoms with van der Waals surface area (Å²) in [6.07, 6.45) is 0. The fourth-order valence-electron chi connectivity index (χ4n) is 7.67. The molecule has 10 rings (SSSR count). The van der Waals surface area contributed by atoms with Crippen LogP contribution in [0.3, 0.4) is 0 Å². The largest absolute Gasteiger partial charge is 0.458 e. The van der Waals surface area contributed by atoms with Crippen molar-refractivity contribution in [3.63, 3.8) is 0 Å². The van der Waals surface area contributed by atoms with Crippen molar-refractivity contribution in [2.45, 2.75) is 0 Å². The van der Waals surface area contributed by atoms with Crippen LogP contribution in [0.25, 0.3) is 54.6 Å². The number of ether oxygens (including phenoxy) is 2. The van der Waals surface area contributed by atoms with E-state index in [2.05, 4.69) is 133 Å². The second-order valence-electron chi connectivity index (χ2n) is 12.0. The third kappa shape index (κ3) is 3.52. The SMILES string of the molecule is c1ccc2c(c1)Oc1cccc3c1B2c1cccc(-c2c4ccccc4c(-c4ccc5ccccc5c4)c4ccccc24)c1O3. The molecule has 0 radical (unpaired) electrons. The number of rotatable bonds is 2. The lowest BCUT2D eigenvalue weighted by Crippen LogP contribution is -2.57. The molecule has 8 aromatic carbocycles. The molecule has 2 aliphatic heterocycles. The standard InChI is InChI=1S/C42H25BO2/c1-2-12-27-25-28(24-23-26(27)11-1)39-29-13-3-5-15-31(29)40(32-16-6-4-14-30(32)39)33-17-9-19-35-42(33)45-38-22-10-21-37-41(38)43(35)34-18-7-8-20-36(34)44-37/h1-25H. The molecule has 0 atom stereocenters. The molecule has 0 saturated heterocycles. The molecular weight excluding hydrogens is 547 g/mol. The van der Waals surface area contributed by atoms with Gasteiger partial charge in [0.15, 0.2) is 0 Å². The van der Waals surface area contributed by atoms with E-state index in [1.165, 1.54) is 54.5 Å². The Labute approximate surface area is 261 Å². The quantitative estimate of drug-likeness (QED) is 0.152. The summed E-state index contributed by atoms with van der Waals surface area (Å²) in [4.78, 5) is 0. The van der Waals surface area contributed by atoms with Crippen molar-refractivity contribution in [3.8, 4) is 45.3 Å². The second kappa shape index (κ2) is 9.35. The summed E-state index contributed by atoms with van der Waals surface area (Å²) >= 11 is 0. The van der Waals surface area contributed by atoms with Crippen LogP contribution in [0.1, 0.15) is 0 Å². The van der Waals surface area contributed by atoms with Crippen molar-refractivity contribution in [3.05, 3.63) is 152 Å². The van der Waals surface area contributed by atoms with Crippen molar-refractivity contribution >= 4 is 55.4 Å². The van der Waals surface area contributed by atoms with Crippen LogP contribution in [0.2, 0.25) is 0 Å². The van der Waals surface area contributed by atoms with Crippen LogP contribution in [0.5, 0.6) is 23.0 Å². The number of benzene rings is 8. The average Bonchev–Trinajstić information content (AvgIpc) is 3.10. The van der Waals surface area contributed by atoms with Crippen LogP contribution in [-0.4, -0.2) is 6.71 Å². The van der Waals surface area contributed by atoms with Crippen molar-refractivity contribution in [1.29, 1.82) is 0 Å². The minimum Gasteiger partial charge on any atom is -0.458 e. The highest BCUT2D eigenvalue weighted by atomic mass is 16.5. The zero-order valence-electron chi connectivity index (χ0n) is 24.3. The fourth-order valence-corrected chi connectivity index (χ4v) is 7.67. The van der Waals surface area contributed by atoms with Crippen molar-refractivity contribution in [1.82, 2.24) is 0 Å². The third-order valence-electron chi connectivity index (χ3n) is 9.57. The first-order valence-electron chi connectivity index (χ1n) is 15.5. The van der Waals surface area contributed by atoms with Crippen LogP contribution >= 0.6 is 0 Å². The van der Waals surface area contributed by atoms with E-state index in [9.17, 15) is 0 Å². The number of fused-ring (bicyclic) bond motifs is 7. The lowest BCUT2D eigenvalue weighted by atomic mass is 9.34. The molecule has 2 aliphatic rings. The van der Waals surface area contributed by atoms with Crippen LogP contribution in [0, 0.1) is 0 Å². The Morgan fingerprint density at radius 2 is 0.978 bits per heavy atom. The summed E-state index contributed by atoms with van der Waals surface area (Å²) in [7, 11) is 0. The molecule has 8 aromatic rings. The molecule has 2 nitrogen and oxygen atoms in total. The maximum Gasteiger partial charge on any atom is 0.260 e. The Hall–Kier alpha value is -5.80. The number of hydrogen-bond donors (Lipinski definition) is 0. The molecule has 0 fully saturated rings. The summed E-state index contributed by atoms with van der Waals surface area (Å²) in [5, 5.41) is 7.37. The van der Waals surface area contributed by atoms with Gasteiger partial charge in [0.2, 0.25) is 0 Å². The Kier molecular flexibility index (Phi) is 5.12. The van der Waals surface area contributed by atoms with Crippen molar-refractivity contribution in [2.75, 3.05) is 0 Å². The lowest BCUT2D eigenvalue weighted by molar-refractivity contribution is 0.465. The van der Waals surface area contributed by atoms with Gasteiger partial charge in [0.1, 0.15) is 23.0 Å². The first-order valence-corrected chi connectivity index (χ1v) is 15.5. The van der Waals surface area contributed by atoms with Crippen LogP contribution in [0.15, 0.2) is 152 Å². The molecular formula is C42H25BO2. The smallest absolute Gasteiger partial charge is 0.260 e. The molecule has 0 aromatic heterocycles. The highest BCUT2D eigenvalue weighted by Crippen LogP contribution is 2.47. The molecule has 2 heterocycles. The minimum atomic E-state index is 0.0271.